The molecule has 0 heterocycles. The number of hydrogen-bond acceptors (Lipinski definition) is 13. The second kappa shape index (κ2) is 20.5. The van der Waals surface area contributed by atoms with Crippen LogP contribution in [0.1, 0.15) is 70.4 Å². The molecular weight excluding hydrogens is 669 g/mol. The van der Waals surface area contributed by atoms with E-state index in [9.17, 15) is 24.0 Å². The van der Waals surface area contributed by atoms with Gasteiger partial charge < -0.3 is 47.2 Å². The number of esters is 2. The summed E-state index contributed by atoms with van der Waals surface area (Å²) < 4.78 is 22.0. The van der Waals surface area contributed by atoms with Crippen LogP contribution in [0.25, 0.3) is 0 Å². The van der Waals surface area contributed by atoms with Gasteiger partial charge >= 0.3 is 11.9 Å². The van der Waals surface area contributed by atoms with Crippen LogP contribution >= 0.6 is 24.0 Å². The lowest BCUT2D eigenvalue weighted by molar-refractivity contribution is -0.147. The summed E-state index contributed by atoms with van der Waals surface area (Å²) in [6.07, 6.45) is 3.69. The molecule has 16 heteroatoms. The summed E-state index contributed by atoms with van der Waals surface area (Å²) in [5.41, 5.74) is 22.8. The van der Waals surface area contributed by atoms with Crippen LogP contribution in [0.15, 0.2) is 30.3 Å². The van der Waals surface area contributed by atoms with Crippen molar-refractivity contribution < 1.29 is 42.9 Å². The molecule has 1 amide bonds. The van der Waals surface area contributed by atoms with Crippen molar-refractivity contribution in [3.8, 4) is 11.5 Å². The number of fused-ring (bicyclic) bond motifs is 2. The highest BCUT2D eigenvalue weighted by Crippen LogP contribution is 2.39. The Bertz CT molecular complexity index is 1440. The van der Waals surface area contributed by atoms with Gasteiger partial charge in [0.2, 0.25) is 11.7 Å². The van der Waals surface area contributed by atoms with Crippen LogP contribution < -0.4 is 37.7 Å². The third kappa shape index (κ3) is 11.1. The van der Waals surface area contributed by atoms with Crippen LogP contribution in [-0.2, 0) is 23.9 Å². The number of carbonyl (C=O) groups excluding carboxylic acids is 5. The summed E-state index contributed by atoms with van der Waals surface area (Å²) in [6, 6.07) is 5.67. The van der Waals surface area contributed by atoms with Crippen molar-refractivity contribution in [3.05, 3.63) is 52.6 Å². The van der Waals surface area contributed by atoms with Crippen LogP contribution in [0.2, 0.25) is 0 Å². The average molecular weight is 713 g/mol. The van der Waals surface area contributed by atoms with Gasteiger partial charge in [-0.25, -0.2) is 0 Å². The molecule has 3 rings (SSSR count). The van der Waals surface area contributed by atoms with E-state index >= 15 is 0 Å². The van der Waals surface area contributed by atoms with Crippen molar-refractivity contribution in [2.75, 3.05) is 50.7 Å². The minimum atomic E-state index is -0.820. The number of nitrogens with two attached hydrogens (primary N) is 4. The number of hydrogen-bond donors (Lipinski definition) is 5. The Labute approximate surface area is 289 Å². The van der Waals surface area contributed by atoms with E-state index in [0.29, 0.717) is 38.8 Å². The first-order valence-electron chi connectivity index (χ1n) is 15.4. The Hall–Kier alpha value is -3.79. The quantitative estimate of drug-likeness (QED) is 0.0639. The van der Waals surface area contributed by atoms with E-state index in [-0.39, 0.29) is 84.2 Å². The number of benzene rings is 2. The van der Waals surface area contributed by atoms with Gasteiger partial charge in [0.1, 0.15) is 55.9 Å². The first-order valence-corrected chi connectivity index (χ1v) is 15.9. The SMILES string of the molecule is Cl.NCCCC[C@H](N)C(=O)OCCOc1cccc2c1C(=O)c1c(OCCOC(=O)[C@@H](N)CCCCN)cc(NC(=O)CCl)cc1C2=O. The number of rotatable bonds is 20. The van der Waals surface area contributed by atoms with Crippen molar-refractivity contribution in [1.29, 1.82) is 0 Å². The zero-order valence-corrected chi connectivity index (χ0v) is 28.1. The highest BCUT2D eigenvalue weighted by molar-refractivity contribution is 6.31. The number of anilines is 1. The van der Waals surface area contributed by atoms with Gasteiger partial charge in [-0.1, -0.05) is 25.0 Å². The van der Waals surface area contributed by atoms with Gasteiger partial charge in [-0.3, -0.25) is 24.0 Å². The smallest absolute Gasteiger partial charge is 0.323 e. The van der Waals surface area contributed by atoms with E-state index in [2.05, 4.69) is 5.32 Å². The Kier molecular flexibility index (Phi) is 17.3. The Morgan fingerprint density at radius 2 is 1.27 bits per heavy atom. The van der Waals surface area contributed by atoms with Crippen LogP contribution in [0.3, 0.4) is 0 Å². The number of alkyl halides is 1. The van der Waals surface area contributed by atoms with Crippen LogP contribution in [0, 0.1) is 0 Å². The molecule has 0 unspecified atom stereocenters. The fourth-order valence-electron chi connectivity index (χ4n) is 4.81. The van der Waals surface area contributed by atoms with Crippen molar-refractivity contribution >= 4 is 59.1 Å². The first kappa shape index (κ1) is 40.4. The Balaban J connectivity index is 0.00000800. The fraction of sp³-hybridized carbons (Fsp3) is 0.469. The molecule has 0 saturated carbocycles. The molecule has 2 aromatic rings. The molecule has 0 fully saturated rings. The van der Waals surface area contributed by atoms with Gasteiger partial charge in [0.25, 0.3) is 0 Å². The second-order valence-corrected chi connectivity index (χ2v) is 11.0. The fourth-order valence-corrected chi connectivity index (χ4v) is 4.88. The highest BCUT2D eigenvalue weighted by atomic mass is 35.5. The standard InChI is InChI=1S/C32H42ClN5O9.ClH/c33-18-26(39)38-19-16-21-28(25(17-19)45-13-15-47-32(43)23(37)8-2-4-11-35)30(41)27-20(29(21)40)6-5-9-24(27)44-12-14-46-31(42)22(36)7-1-3-10-34;/h5-6,9,16-17,22-23H,1-4,7-8,10-15,18,34-37H2,(H,38,39);1H/t22-,23-;/m0./s1. The zero-order valence-electron chi connectivity index (χ0n) is 26.5. The predicted molar refractivity (Wildman–Crippen MR) is 181 cm³/mol. The molecule has 0 aliphatic heterocycles. The molecule has 2 atom stereocenters. The summed E-state index contributed by atoms with van der Waals surface area (Å²) in [5, 5.41) is 2.56. The number of nitrogens with one attached hydrogen (secondary N) is 1. The third-order valence-corrected chi connectivity index (χ3v) is 7.43. The molecule has 0 bridgehead atoms. The molecule has 264 valence electrons. The monoisotopic (exact) mass is 711 g/mol. The summed E-state index contributed by atoms with van der Waals surface area (Å²) in [7, 11) is 0. The number of halogens is 2. The van der Waals surface area contributed by atoms with Gasteiger partial charge in [0.05, 0.1) is 11.1 Å². The molecule has 1 aliphatic rings. The summed E-state index contributed by atoms with van der Waals surface area (Å²) in [6.45, 7) is 0.358. The third-order valence-electron chi connectivity index (χ3n) is 7.19. The summed E-state index contributed by atoms with van der Waals surface area (Å²) >= 11 is 5.65. The predicted octanol–water partition coefficient (Wildman–Crippen LogP) is 1.82. The van der Waals surface area contributed by atoms with Gasteiger partial charge in [0.15, 0.2) is 5.78 Å². The van der Waals surface area contributed by atoms with Crippen LogP contribution in [0.4, 0.5) is 5.69 Å². The molecule has 48 heavy (non-hydrogen) atoms. The maximum atomic E-state index is 14.0. The van der Waals surface area contributed by atoms with E-state index in [1.165, 1.54) is 24.3 Å². The largest absolute Gasteiger partial charge is 0.489 e. The van der Waals surface area contributed by atoms with Gasteiger partial charge in [0, 0.05) is 22.9 Å². The number of carbonyl (C=O) groups is 5. The minimum absolute atomic E-state index is 0. The number of amides is 1. The zero-order chi connectivity index (χ0) is 34.3. The number of unbranched alkanes of at least 4 members (excludes halogenated alkanes) is 2. The molecule has 1 aliphatic carbocycles. The van der Waals surface area contributed by atoms with Gasteiger partial charge in [-0.05, 0) is 50.9 Å². The molecule has 9 N–H and O–H groups in total. The Morgan fingerprint density at radius 3 is 1.81 bits per heavy atom. The minimum Gasteiger partial charge on any atom is -0.489 e. The van der Waals surface area contributed by atoms with Gasteiger partial charge in [-0.15, -0.1) is 24.0 Å². The van der Waals surface area contributed by atoms with Crippen molar-refractivity contribution in [2.24, 2.45) is 22.9 Å². The van der Waals surface area contributed by atoms with Crippen LogP contribution in [0.5, 0.6) is 11.5 Å². The van der Waals surface area contributed by atoms with Crippen molar-refractivity contribution in [3.63, 3.8) is 0 Å². The molecule has 14 nitrogen and oxygen atoms in total. The lowest BCUT2D eigenvalue weighted by Gasteiger charge is -2.23. The summed E-state index contributed by atoms with van der Waals surface area (Å²) in [4.78, 5) is 64.1. The van der Waals surface area contributed by atoms with Crippen LogP contribution in [-0.4, -0.2) is 86.9 Å². The highest BCUT2D eigenvalue weighted by Gasteiger charge is 2.36. The normalized spacial score (nSPS) is 12.9. The van der Waals surface area contributed by atoms with E-state index in [1.807, 2.05) is 0 Å². The second-order valence-electron chi connectivity index (χ2n) is 10.7. The first-order chi connectivity index (χ1) is 22.6. The molecular formula is C32H43Cl2N5O9. The Morgan fingerprint density at radius 1 is 0.729 bits per heavy atom. The molecule has 0 saturated heterocycles. The van der Waals surface area contributed by atoms with E-state index in [4.69, 9.17) is 53.5 Å². The van der Waals surface area contributed by atoms with E-state index in [0.717, 1.165) is 12.8 Å². The maximum absolute atomic E-state index is 14.0. The number of ketones is 2. The maximum Gasteiger partial charge on any atom is 0.323 e. The lowest BCUT2D eigenvalue weighted by atomic mass is 9.82. The van der Waals surface area contributed by atoms with E-state index in [1.54, 1.807) is 6.07 Å². The van der Waals surface area contributed by atoms with E-state index < -0.39 is 41.5 Å². The molecule has 0 radical (unpaired) electrons. The van der Waals surface area contributed by atoms with Crippen molar-refractivity contribution in [2.45, 2.75) is 50.6 Å². The molecule has 0 aromatic heterocycles. The van der Waals surface area contributed by atoms with Gasteiger partial charge in [-0.2, -0.15) is 0 Å². The molecule has 0 spiro atoms. The average Bonchev–Trinajstić information content (AvgIpc) is 3.06. The van der Waals surface area contributed by atoms with Crippen molar-refractivity contribution in [1.82, 2.24) is 0 Å². The summed E-state index contributed by atoms with van der Waals surface area (Å²) in [5.74, 6) is -3.12. The molecule has 2 aromatic carbocycles. The topological polar surface area (TPSA) is 238 Å². The lowest BCUT2D eigenvalue weighted by Crippen LogP contribution is -2.33. The number of ether oxygens (including phenoxy) is 4.